The van der Waals surface area contributed by atoms with Gasteiger partial charge < -0.3 is 10.1 Å². The van der Waals surface area contributed by atoms with Crippen LogP contribution in [0.3, 0.4) is 0 Å². The van der Waals surface area contributed by atoms with Crippen LogP contribution in [0.25, 0.3) is 0 Å². The number of nitrogens with one attached hydrogen (secondary N) is 1. The van der Waals surface area contributed by atoms with Gasteiger partial charge in [0, 0.05) is 24.3 Å². The van der Waals surface area contributed by atoms with Crippen molar-refractivity contribution < 1.29 is 4.74 Å². The second kappa shape index (κ2) is 5.85. The number of aryl methyl sites for hydroxylation is 1. The van der Waals surface area contributed by atoms with Crippen LogP contribution in [0.15, 0.2) is 18.2 Å². The van der Waals surface area contributed by atoms with Crippen LogP contribution in [0.2, 0.25) is 5.02 Å². The lowest BCUT2D eigenvalue weighted by molar-refractivity contribution is 0.0546. The first-order valence-corrected chi connectivity index (χ1v) is 6.62. The van der Waals surface area contributed by atoms with Gasteiger partial charge in [0.15, 0.2) is 0 Å². The normalized spacial score (nSPS) is 19.2. The fourth-order valence-electron chi connectivity index (χ4n) is 2.60. The van der Waals surface area contributed by atoms with E-state index in [0.717, 1.165) is 36.6 Å². The zero-order valence-corrected chi connectivity index (χ0v) is 11.3. The molecule has 1 aliphatic heterocycles. The van der Waals surface area contributed by atoms with Gasteiger partial charge in [0.05, 0.1) is 0 Å². The number of halogens is 1. The third-order valence-corrected chi connectivity index (χ3v) is 4.12. The summed E-state index contributed by atoms with van der Waals surface area (Å²) in [7, 11) is 2.01. The zero-order valence-electron chi connectivity index (χ0n) is 10.5. The second-order valence-electron chi connectivity index (χ2n) is 4.69. The highest BCUT2D eigenvalue weighted by molar-refractivity contribution is 6.32. The number of benzene rings is 1. The van der Waals surface area contributed by atoms with E-state index in [9.17, 15) is 0 Å². The van der Waals surface area contributed by atoms with Crippen molar-refractivity contribution >= 4 is 11.6 Å². The molecule has 2 rings (SSSR count). The quantitative estimate of drug-likeness (QED) is 0.892. The Morgan fingerprint density at radius 3 is 2.71 bits per heavy atom. The van der Waals surface area contributed by atoms with Gasteiger partial charge in [-0.05, 0) is 43.9 Å². The largest absolute Gasteiger partial charge is 0.381 e. The Kier molecular flexibility index (Phi) is 4.43. The highest BCUT2D eigenvalue weighted by Crippen LogP contribution is 2.34. The summed E-state index contributed by atoms with van der Waals surface area (Å²) in [5, 5.41) is 4.32. The summed E-state index contributed by atoms with van der Waals surface area (Å²) in [5.74, 6) is 0.619. The molecule has 1 fully saturated rings. The molecule has 1 saturated heterocycles. The first-order valence-electron chi connectivity index (χ1n) is 6.24. The van der Waals surface area contributed by atoms with E-state index in [4.69, 9.17) is 16.3 Å². The smallest absolute Gasteiger partial charge is 0.0483 e. The van der Waals surface area contributed by atoms with Gasteiger partial charge in [-0.1, -0.05) is 29.8 Å². The minimum atomic E-state index is 0.339. The molecule has 1 aliphatic rings. The maximum atomic E-state index is 6.41. The van der Waals surface area contributed by atoms with Crippen LogP contribution in [-0.4, -0.2) is 20.3 Å². The summed E-state index contributed by atoms with van der Waals surface area (Å²) in [5.41, 5.74) is 2.37. The summed E-state index contributed by atoms with van der Waals surface area (Å²) in [6.45, 7) is 3.79. The van der Waals surface area contributed by atoms with E-state index < -0.39 is 0 Å². The third kappa shape index (κ3) is 2.82. The van der Waals surface area contributed by atoms with Gasteiger partial charge in [-0.3, -0.25) is 0 Å². The van der Waals surface area contributed by atoms with Gasteiger partial charge in [-0.2, -0.15) is 0 Å². The lowest BCUT2D eigenvalue weighted by Crippen LogP contribution is -2.30. The lowest BCUT2D eigenvalue weighted by atomic mass is 9.86. The lowest BCUT2D eigenvalue weighted by Gasteiger charge is -2.31. The van der Waals surface area contributed by atoms with E-state index in [0.29, 0.717) is 12.0 Å². The van der Waals surface area contributed by atoms with Crippen molar-refractivity contribution in [2.24, 2.45) is 5.92 Å². The van der Waals surface area contributed by atoms with Crippen LogP contribution in [0.1, 0.15) is 30.0 Å². The van der Waals surface area contributed by atoms with Crippen molar-refractivity contribution in [3.8, 4) is 0 Å². The predicted molar refractivity (Wildman–Crippen MR) is 71.5 cm³/mol. The van der Waals surface area contributed by atoms with Gasteiger partial charge in [0.2, 0.25) is 0 Å². The molecule has 2 nitrogen and oxygen atoms in total. The number of hydrogen-bond donors (Lipinski definition) is 1. The Morgan fingerprint density at radius 2 is 2.06 bits per heavy atom. The molecule has 1 aromatic carbocycles. The molecule has 3 heteroatoms. The monoisotopic (exact) mass is 253 g/mol. The molecule has 0 aromatic heterocycles. The van der Waals surface area contributed by atoms with Crippen LogP contribution in [0, 0.1) is 12.8 Å². The van der Waals surface area contributed by atoms with E-state index in [1.165, 1.54) is 5.56 Å². The van der Waals surface area contributed by atoms with Crippen molar-refractivity contribution in [3.63, 3.8) is 0 Å². The minimum Gasteiger partial charge on any atom is -0.381 e. The van der Waals surface area contributed by atoms with Gasteiger partial charge in [-0.15, -0.1) is 0 Å². The first-order chi connectivity index (χ1) is 8.24. The Labute approximate surface area is 108 Å². The van der Waals surface area contributed by atoms with Gasteiger partial charge in [0.1, 0.15) is 0 Å². The molecule has 17 heavy (non-hydrogen) atoms. The van der Waals surface area contributed by atoms with E-state index in [-0.39, 0.29) is 0 Å². The molecule has 0 amide bonds. The van der Waals surface area contributed by atoms with Crippen LogP contribution in [0.5, 0.6) is 0 Å². The first kappa shape index (κ1) is 12.9. The average Bonchev–Trinajstić information content (AvgIpc) is 2.37. The van der Waals surface area contributed by atoms with Crippen molar-refractivity contribution in [2.75, 3.05) is 20.3 Å². The zero-order chi connectivity index (χ0) is 12.3. The molecule has 94 valence electrons. The Morgan fingerprint density at radius 1 is 1.35 bits per heavy atom. The third-order valence-electron chi connectivity index (χ3n) is 3.61. The molecule has 0 spiro atoms. The van der Waals surface area contributed by atoms with Crippen molar-refractivity contribution in [1.29, 1.82) is 0 Å². The summed E-state index contributed by atoms with van der Waals surface area (Å²) >= 11 is 6.41. The molecular formula is C14H20ClNO. The van der Waals surface area contributed by atoms with Gasteiger partial charge >= 0.3 is 0 Å². The topological polar surface area (TPSA) is 21.3 Å². The maximum Gasteiger partial charge on any atom is 0.0483 e. The number of hydrogen-bond acceptors (Lipinski definition) is 2. The maximum absolute atomic E-state index is 6.41. The van der Waals surface area contributed by atoms with Gasteiger partial charge in [-0.25, -0.2) is 0 Å². The molecular weight excluding hydrogens is 234 g/mol. The molecule has 0 bridgehead atoms. The molecule has 1 N–H and O–H groups in total. The Bertz CT molecular complexity index is 374. The van der Waals surface area contributed by atoms with Crippen LogP contribution in [-0.2, 0) is 4.74 Å². The Balaban J connectivity index is 2.24. The molecule has 1 heterocycles. The van der Waals surface area contributed by atoms with Crippen molar-refractivity contribution in [3.05, 3.63) is 34.3 Å². The SMILES string of the molecule is CNC(c1cccc(C)c1Cl)C1CCOCC1. The number of rotatable bonds is 3. The van der Waals surface area contributed by atoms with Gasteiger partial charge in [0.25, 0.3) is 0 Å². The molecule has 0 saturated carbocycles. The highest BCUT2D eigenvalue weighted by atomic mass is 35.5. The molecule has 1 unspecified atom stereocenters. The Hall–Kier alpha value is -0.570. The van der Waals surface area contributed by atoms with Crippen LogP contribution >= 0.6 is 11.6 Å². The summed E-state index contributed by atoms with van der Waals surface area (Å²) in [4.78, 5) is 0. The van der Waals surface area contributed by atoms with E-state index >= 15 is 0 Å². The fraction of sp³-hybridized carbons (Fsp3) is 0.571. The average molecular weight is 254 g/mol. The highest BCUT2D eigenvalue weighted by Gasteiger charge is 2.25. The molecule has 0 radical (unpaired) electrons. The second-order valence-corrected chi connectivity index (χ2v) is 5.07. The summed E-state index contributed by atoms with van der Waals surface area (Å²) in [6, 6.07) is 6.61. The predicted octanol–water partition coefficient (Wildman–Crippen LogP) is 3.34. The molecule has 1 atom stereocenters. The minimum absolute atomic E-state index is 0.339. The standard InChI is InChI=1S/C14H20ClNO/c1-10-4-3-5-12(13(10)15)14(16-2)11-6-8-17-9-7-11/h3-5,11,14,16H,6-9H2,1-2H3. The number of ether oxygens (including phenoxy) is 1. The molecule has 0 aliphatic carbocycles. The van der Waals surface area contributed by atoms with Crippen LogP contribution < -0.4 is 5.32 Å². The van der Waals surface area contributed by atoms with E-state index in [2.05, 4.69) is 30.4 Å². The summed E-state index contributed by atoms with van der Waals surface area (Å²) < 4.78 is 5.42. The van der Waals surface area contributed by atoms with Crippen molar-refractivity contribution in [2.45, 2.75) is 25.8 Å². The molecule has 1 aromatic rings. The summed E-state index contributed by atoms with van der Waals surface area (Å²) in [6.07, 6.45) is 2.21. The van der Waals surface area contributed by atoms with Crippen molar-refractivity contribution in [1.82, 2.24) is 5.32 Å². The van der Waals surface area contributed by atoms with E-state index in [1.54, 1.807) is 0 Å². The van der Waals surface area contributed by atoms with E-state index in [1.807, 2.05) is 7.05 Å². The van der Waals surface area contributed by atoms with Crippen LogP contribution in [0.4, 0.5) is 0 Å². The fourth-order valence-corrected chi connectivity index (χ4v) is 2.85.